The molecule has 1 nitrogen and oxygen atoms in total. The van der Waals surface area contributed by atoms with Crippen LogP contribution in [0.3, 0.4) is 0 Å². The largest absolute Gasteiger partial charge is 0.307 e. The summed E-state index contributed by atoms with van der Waals surface area (Å²) < 4.78 is 0. The third kappa shape index (κ3) is 2.24. The third-order valence-electron chi connectivity index (χ3n) is 4.56. The van der Waals surface area contributed by atoms with Gasteiger partial charge in [-0.15, -0.1) is 0 Å². The molecule has 1 aromatic carbocycles. The van der Waals surface area contributed by atoms with E-state index in [0.29, 0.717) is 12.1 Å². The molecule has 2 aliphatic carbocycles. The minimum absolute atomic E-state index is 0.538. The molecule has 0 bridgehead atoms. The Balaban J connectivity index is 1.66. The van der Waals surface area contributed by atoms with Crippen molar-refractivity contribution in [2.45, 2.75) is 44.7 Å². The van der Waals surface area contributed by atoms with Crippen molar-refractivity contribution in [1.29, 1.82) is 0 Å². The zero-order chi connectivity index (χ0) is 12.4. The molecule has 18 heavy (non-hydrogen) atoms. The number of benzene rings is 1. The van der Waals surface area contributed by atoms with Crippen LogP contribution < -0.4 is 5.32 Å². The molecule has 0 amide bonds. The molecule has 4 atom stereocenters. The van der Waals surface area contributed by atoms with E-state index in [4.69, 9.17) is 0 Å². The summed E-state index contributed by atoms with van der Waals surface area (Å²) in [5, 5.41) is 3.89. The molecular formula is C17H23N. The van der Waals surface area contributed by atoms with Gasteiger partial charge in [0.25, 0.3) is 0 Å². The van der Waals surface area contributed by atoms with E-state index in [1.807, 2.05) is 0 Å². The highest BCUT2D eigenvalue weighted by molar-refractivity contribution is 5.20. The molecule has 0 saturated heterocycles. The Morgan fingerprint density at radius 1 is 1.28 bits per heavy atom. The Labute approximate surface area is 110 Å². The summed E-state index contributed by atoms with van der Waals surface area (Å²) in [5.41, 5.74) is 1.45. The Bertz CT molecular complexity index is 409. The second-order valence-electron chi connectivity index (χ2n) is 5.76. The summed E-state index contributed by atoms with van der Waals surface area (Å²) in [5.74, 6) is 1.76. The van der Waals surface area contributed by atoms with E-state index < -0.39 is 0 Å². The molecule has 1 N–H and O–H groups in total. The first-order valence-electron chi connectivity index (χ1n) is 7.36. The number of allylic oxidation sites excluding steroid dienone is 1. The lowest BCUT2D eigenvalue weighted by atomic mass is 9.71. The average molecular weight is 241 g/mol. The Hall–Kier alpha value is -1.08. The quantitative estimate of drug-likeness (QED) is 0.766. The molecule has 1 fully saturated rings. The van der Waals surface area contributed by atoms with Gasteiger partial charge in [-0.1, -0.05) is 55.8 Å². The SMILES string of the molecule is CCCC(NC1CC2CC=CC21)c1ccccc1. The van der Waals surface area contributed by atoms with E-state index in [0.717, 1.165) is 11.8 Å². The van der Waals surface area contributed by atoms with Crippen molar-refractivity contribution in [3.8, 4) is 0 Å². The Morgan fingerprint density at radius 3 is 2.83 bits per heavy atom. The molecule has 0 radical (unpaired) electrons. The molecule has 3 rings (SSSR count). The third-order valence-corrected chi connectivity index (χ3v) is 4.56. The van der Waals surface area contributed by atoms with Gasteiger partial charge < -0.3 is 5.32 Å². The first kappa shape index (κ1) is 12.0. The zero-order valence-electron chi connectivity index (χ0n) is 11.2. The topological polar surface area (TPSA) is 12.0 Å². The van der Waals surface area contributed by atoms with Crippen LogP contribution in [0.4, 0.5) is 0 Å². The first-order valence-corrected chi connectivity index (χ1v) is 7.36. The van der Waals surface area contributed by atoms with E-state index in [1.165, 1.54) is 31.2 Å². The maximum Gasteiger partial charge on any atom is 0.0322 e. The Kier molecular flexibility index (Phi) is 3.51. The van der Waals surface area contributed by atoms with Gasteiger partial charge in [0.2, 0.25) is 0 Å². The molecule has 2 aliphatic rings. The molecule has 0 spiro atoms. The standard InChI is InChI=1S/C17H23N/c1-2-7-16(13-8-4-3-5-9-13)18-17-12-14-10-6-11-15(14)17/h3-6,8-9,11,14-18H,2,7,10,12H2,1H3. The van der Waals surface area contributed by atoms with E-state index in [1.54, 1.807) is 0 Å². The van der Waals surface area contributed by atoms with Crippen molar-refractivity contribution in [3.63, 3.8) is 0 Å². The van der Waals surface area contributed by atoms with E-state index in [9.17, 15) is 0 Å². The minimum Gasteiger partial charge on any atom is -0.307 e. The highest BCUT2D eigenvalue weighted by atomic mass is 15.0. The van der Waals surface area contributed by atoms with Crippen LogP contribution in [-0.4, -0.2) is 6.04 Å². The van der Waals surface area contributed by atoms with Crippen LogP contribution in [0.5, 0.6) is 0 Å². The summed E-state index contributed by atoms with van der Waals surface area (Å²) in [6.45, 7) is 2.27. The van der Waals surface area contributed by atoms with Crippen molar-refractivity contribution in [2.24, 2.45) is 11.8 Å². The number of hydrogen-bond acceptors (Lipinski definition) is 1. The van der Waals surface area contributed by atoms with Gasteiger partial charge in [0, 0.05) is 12.1 Å². The molecule has 1 saturated carbocycles. The van der Waals surface area contributed by atoms with Gasteiger partial charge in [-0.2, -0.15) is 0 Å². The number of nitrogens with one attached hydrogen (secondary N) is 1. The molecule has 0 heterocycles. The van der Waals surface area contributed by atoms with Gasteiger partial charge in [0.15, 0.2) is 0 Å². The summed E-state index contributed by atoms with van der Waals surface area (Å²) in [7, 11) is 0. The highest BCUT2D eigenvalue weighted by Crippen LogP contribution is 2.43. The first-order chi connectivity index (χ1) is 8.88. The fourth-order valence-electron chi connectivity index (χ4n) is 3.49. The van der Waals surface area contributed by atoms with Gasteiger partial charge in [-0.05, 0) is 36.7 Å². The van der Waals surface area contributed by atoms with E-state index >= 15 is 0 Å². The predicted octanol–water partition coefficient (Wildman–Crippen LogP) is 4.08. The van der Waals surface area contributed by atoms with Crippen molar-refractivity contribution >= 4 is 0 Å². The van der Waals surface area contributed by atoms with Gasteiger partial charge in [-0.25, -0.2) is 0 Å². The van der Waals surface area contributed by atoms with Crippen molar-refractivity contribution < 1.29 is 0 Å². The van der Waals surface area contributed by atoms with Crippen LogP contribution in [0.2, 0.25) is 0 Å². The van der Waals surface area contributed by atoms with Gasteiger partial charge in [0.1, 0.15) is 0 Å². The molecule has 0 aromatic heterocycles. The van der Waals surface area contributed by atoms with Gasteiger partial charge in [0.05, 0.1) is 0 Å². The summed E-state index contributed by atoms with van der Waals surface area (Å²) in [6, 6.07) is 12.2. The van der Waals surface area contributed by atoms with Crippen LogP contribution in [-0.2, 0) is 0 Å². The minimum atomic E-state index is 0.538. The predicted molar refractivity (Wildman–Crippen MR) is 76.4 cm³/mol. The van der Waals surface area contributed by atoms with Crippen LogP contribution >= 0.6 is 0 Å². The number of rotatable bonds is 5. The lowest BCUT2D eigenvalue weighted by Crippen LogP contribution is -2.49. The average Bonchev–Trinajstić information content (AvgIpc) is 2.77. The second kappa shape index (κ2) is 5.27. The maximum absolute atomic E-state index is 3.89. The molecule has 0 aliphatic heterocycles. The van der Waals surface area contributed by atoms with Crippen molar-refractivity contribution in [3.05, 3.63) is 48.0 Å². The molecule has 1 heteroatoms. The summed E-state index contributed by atoms with van der Waals surface area (Å²) >= 11 is 0. The normalized spacial score (nSPS) is 30.8. The molecule has 1 aromatic rings. The van der Waals surface area contributed by atoms with E-state index in [-0.39, 0.29) is 0 Å². The molecule has 4 unspecified atom stereocenters. The maximum atomic E-state index is 3.89. The zero-order valence-corrected chi connectivity index (χ0v) is 11.2. The Morgan fingerprint density at radius 2 is 2.11 bits per heavy atom. The van der Waals surface area contributed by atoms with E-state index in [2.05, 4.69) is 54.7 Å². The fraction of sp³-hybridized carbons (Fsp3) is 0.529. The van der Waals surface area contributed by atoms with Crippen LogP contribution in [0, 0.1) is 11.8 Å². The summed E-state index contributed by atoms with van der Waals surface area (Å²) in [6.07, 6.45) is 9.95. The smallest absolute Gasteiger partial charge is 0.0322 e. The van der Waals surface area contributed by atoms with Crippen LogP contribution in [0.1, 0.15) is 44.2 Å². The number of fused-ring (bicyclic) bond motifs is 1. The lowest BCUT2D eigenvalue weighted by Gasteiger charge is -2.43. The second-order valence-corrected chi connectivity index (χ2v) is 5.76. The van der Waals surface area contributed by atoms with Crippen LogP contribution in [0.15, 0.2) is 42.5 Å². The monoisotopic (exact) mass is 241 g/mol. The fourth-order valence-corrected chi connectivity index (χ4v) is 3.49. The van der Waals surface area contributed by atoms with Crippen molar-refractivity contribution in [1.82, 2.24) is 5.32 Å². The van der Waals surface area contributed by atoms with Gasteiger partial charge in [-0.3, -0.25) is 0 Å². The van der Waals surface area contributed by atoms with Gasteiger partial charge >= 0.3 is 0 Å². The highest BCUT2D eigenvalue weighted by Gasteiger charge is 2.41. The molecular weight excluding hydrogens is 218 g/mol. The lowest BCUT2D eigenvalue weighted by molar-refractivity contribution is 0.147. The number of hydrogen-bond donors (Lipinski definition) is 1. The summed E-state index contributed by atoms with van der Waals surface area (Å²) in [4.78, 5) is 0. The van der Waals surface area contributed by atoms with Crippen molar-refractivity contribution in [2.75, 3.05) is 0 Å². The van der Waals surface area contributed by atoms with Crippen LogP contribution in [0.25, 0.3) is 0 Å². The molecule has 96 valence electrons.